The van der Waals surface area contributed by atoms with Gasteiger partial charge in [0.05, 0.1) is 12.1 Å². The van der Waals surface area contributed by atoms with Crippen LogP contribution in [0.1, 0.15) is 42.9 Å². The molecule has 2 N–H and O–H groups in total. The van der Waals surface area contributed by atoms with Crippen LogP contribution in [0.15, 0.2) is 60.7 Å². The monoisotopic (exact) mass is 281 g/mol. The van der Waals surface area contributed by atoms with Gasteiger partial charge in [-0.1, -0.05) is 73.5 Å². The highest BCUT2D eigenvalue weighted by Crippen LogP contribution is 2.26. The largest absolute Gasteiger partial charge is 0.392 e. The summed E-state index contributed by atoms with van der Waals surface area (Å²) in [5.41, 5.74) is 2.50. The minimum absolute atomic E-state index is 0.144. The van der Waals surface area contributed by atoms with Crippen LogP contribution in [0.2, 0.25) is 0 Å². The van der Waals surface area contributed by atoms with E-state index >= 15 is 0 Å². The third-order valence-corrected chi connectivity index (χ3v) is 4.38. The molecule has 2 aromatic rings. The van der Waals surface area contributed by atoms with Gasteiger partial charge < -0.3 is 10.4 Å². The summed E-state index contributed by atoms with van der Waals surface area (Å²) in [6.07, 6.45) is 4.07. The van der Waals surface area contributed by atoms with Gasteiger partial charge in [0.2, 0.25) is 0 Å². The molecule has 0 unspecified atom stereocenters. The minimum atomic E-state index is -0.228. The number of rotatable bonds is 4. The minimum Gasteiger partial charge on any atom is -0.392 e. The lowest BCUT2D eigenvalue weighted by Crippen LogP contribution is -2.44. The van der Waals surface area contributed by atoms with Gasteiger partial charge in [-0.25, -0.2) is 0 Å². The molecule has 2 nitrogen and oxygen atoms in total. The fourth-order valence-electron chi connectivity index (χ4n) is 3.20. The SMILES string of the molecule is O[C@@H]1CCCC[C@H]1NC(c1ccccc1)c1ccccc1. The van der Waals surface area contributed by atoms with E-state index in [1.54, 1.807) is 0 Å². The molecule has 0 saturated heterocycles. The van der Waals surface area contributed by atoms with Gasteiger partial charge in [-0.2, -0.15) is 0 Å². The lowest BCUT2D eigenvalue weighted by molar-refractivity contribution is 0.0872. The summed E-state index contributed by atoms with van der Waals surface area (Å²) in [7, 11) is 0. The summed E-state index contributed by atoms with van der Waals surface area (Å²) in [6, 6.07) is 21.3. The summed E-state index contributed by atoms with van der Waals surface area (Å²) in [4.78, 5) is 0. The molecule has 2 aromatic carbocycles. The summed E-state index contributed by atoms with van der Waals surface area (Å²) in [5.74, 6) is 0. The topological polar surface area (TPSA) is 32.3 Å². The Balaban J connectivity index is 1.86. The van der Waals surface area contributed by atoms with Crippen LogP contribution in [-0.4, -0.2) is 17.3 Å². The highest BCUT2D eigenvalue weighted by Gasteiger charge is 2.26. The Bertz CT molecular complexity index is 501. The van der Waals surface area contributed by atoms with Crippen LogP contribution in [0.25, 0.3) is 0 Å². The van der Waals surface area contributed by atoms with Gasteiger partial charge >= 0.3 is 0 Å². The molecule has 0 radical (unpaired) electrons. The molecule has 2 heteroatoms. The molecule has 0 aromatic heterocycles. The lowest BCUT2D eigenvalue weighted by atomic mass is 9.90. The first-order chi connectivity index (χ1) is 10.3. The zero-order chi connectivity index (χ0) is 14.5. The van der Waals surface area contributed by atoms with Gasteiger partial charge in [-0.3, -0.25) is 0 Å². The second-order valence-corrected chi connectivity index (χ2v) is 5.88. The van der Waals surface area contributed by atoms with E-state index in [1.807, 2.05) is 12.1 Å². The average Bonchev–Trinajstić information content (AvgIpc) is 2.56. The number of nitrogens with one attached hydrogen (secondary N) is 1. The molecular formula is C19H23NO. The van der Waals surface area contributed by atoms with Crippen LogP contribution in [0.5, 0.6) is 0 Å². The fourth-order valence-corrected chi connectivity index (χ4v) is 3.20. The van der Waals surface area contributed by atoms with Crippen molar-refractivity contribution >= 4 is 0 Å². The standard InChI is InChI=1S/C19H23NO/c21-18-14-8-7-13-17(18)20-19(15-9-3-1-4-10-15)16-11-5-2-6-12-16/h1-6,9-12,17-21H,7-8,13-14H2/t17-,18-/m1/s1. The number of hydrogen-bond acceptors (Lipinski definition) is 2. The maximum absolute atomic E-state index is 10.2. The maximum atomic E-state index is 10.2. The Kier molecular flexibility index (Phi) is 4.69. The van der Waals surface area contributed by atoms with E-state index in [9.17, 15) is 5.11 Å². The van der Waals surface area contributed by atoms with Crippen LogP contribution in [-0.2, 0) is 0 Å². The molecule has 3 rings (SSSR count). The van der Waals surface area contributed by atoms with E-state index in [4.69, 9.17) is 0 Å². The van der Waals surface area contributed by atoms with E-state index in [1.165, 1.54) is 17.5 Å². The Morgan fingerprint density at radius 1 is 0.810 bits per heavy atom. The predicted octanol–water partition coefficient (Wildman–Crippen LogP) is 3.67. The zero-order valence-electron chi connectivity index (χ0n) is 12.3. The van der Waals surface area contributed by atoms with Crippen LogP contribution in [0.4, 0.5) is 0 Å². The van der Waals surface area contributed by atoms with Gasteiger partial charge in [0.15, 0.2) is 0 Å². The number of benzene rings is 2. The number of hydrogen-bond donors (Lipinski definition) is 2. The van der Waals surface area contributed by atoms with E-state index < -0.39 is 0 Å². The number of aliphatic hydroxyl groups is 1. The van der Waals surface area contributed by atoms with Crippen molar-refractivity contribution in [2.75, 3.05) is 0 Å². The van der Waals surface area contributed by atoms with E-state index in [0.717, 1.165) is 19.3 Å². The molecule has 2 atom stereocenters. The zero-order valence-corrected chi connectivity index (χ0v) is 12.3. The third kappa shape index (κ3) is 3.52. The second kappa shape index (κ2) is 6.88. The van der Waals surface area contributed by atoms with Crippen molar-refractivity contribution in [1.82, 2.24) is 5.32 Å². The molecule has 1 saturated carbocycles. The third-order valence-electron chi connectivity index (χ3n) is 4.38. The first-order valence-electron chi connectivity index (χ1n) is 7.88. The quantitative estimate of drug-likeness (QED) is 0.896. The molecule has 1 aliphatic carbocycles. The van der Waals surface area contributed by atoms with Gasteiger partial charge in [0.25, 0.3) is 0 Å². The van der Waals surface area contributed by atoms with Crippen molar-refractivity contribution < 1.29 is 5.11 Å². The normalized spacial score (nSPS) is 22.4. The molecule has 1 fully saturated rings. The van der Waals surface area contributed by atoms with Crippen LogP contribution < -0.4 is 5.32 Å². The van der Waals surface area contributed by atoms with Crippen molar-refractivity contribution in [2.24, 2.45) is 0 Å². The van der Waals surface area contributed by atoms with Crippen molar-refractivity contribution in [3.63, 3.8) is 0 Å². The lowest BCUT2D eigenvalue weighted by Gasteiger charge is -2.33. The molecular weight excluding hydrogens is 258 g/mol. The summed E-state index contributed by atoms with van der Waals surface area (Å²) in [5, 5.41) is 13.9. The van der Waals surface area contributed by atoms with Crippen molar-refractivity contribution in [1.29, 1.82) is 0 Å². The van der Waals surface area contributed by atoms with Crippen molar-refractivity contribution in [3.05, 3.63) is 71.8 Å². The Labute approximate surface area is 126 Å². The highest BCUT2D eigenvalue weighted by atomic mass is 16.3. The Morgan fingerprint density at radius 3 is 1.86 bits per heavy atom. The highest BCUT2D eigenvalue weighted by molar-refractivity contribution is 5.31. The van der Waals surface area contributed by atoms with Gasteiger partial charge in [0.1, 0.15) is 0 Å². The molecule has 0 spiro atoms. The smallest absolute Gasteiger partial charge is 0.0693 e. The Morgan fingerprint density at radius 2 is 1.33 bits per heavy atom. The maximum Gasteiger partial charge on any atom is 0.0693 e. The van der Waals surface area contributed by atoms with Gasteiger partial charge in [0, 0.05) is 6.04 Å². The van der Waals surface area contributed by atoms with Gasteiger partial charge in [-0.05, 0) is 24.0 Å². The number of aliphatic hydroxyl groups excluding tert-OH is 1. The molecule has 0 bridgehead atoms. The second-order valence-electron chi connectivity index (χ2n) is 5.88. The Hall–Kier alpha value is -1.64. The first kappa shape index (κ1) is 14.3. The summed E-state index contributed by atoms with van der Waals surface area (Å²) < 4.78 is 0. The first-order valence-corrected chi connectivity index (χ1v) is 7.88. The van der Waals surface area contributed by atoms with Crippen LogP contribution in [0.3, 0.4) is 0 Å². The van der Waals surface area contributed by atoms with E-state index in [-0.39, 0.29) is 18.2 Å². The molecule has 0 heterocycles. The molecule has 1 aliphatic rings. The van der Waals surface area contributed by atoms with Gasteiger partial charge in [-0.15, -0.1) is 0 Å². The fraction of sp³-hybridized carbons (Fsp3) is 0.368. The average molecular weight is 281 g/mol. The van der Waals surface area contributed by atoms with E-state index in [2.05, 4.69) is 53.8 Å². The summed E-state index contributed by atoms with van der Waals surface area (Å²) in [6.45, 7) is 0. The molecule has 0 aliphatic heterocycles. The molecule has 110 valence electrons. The van der Waals surface area contributed by atoms with Crippen molar-refractivity contribution in [2.45, 2.75) is 43.9 Å². The van der Waals surface area contributed by atoms with Crippen LogP contribution in [0, 0.1) is 0 Å². The molecule has 0 amide bonds. The molecule has 21 heavy (non-hydrogen) atoms. The van der Waals surface area contributed by atoms with E-state index in [0.29, 0.717) is 0 Å². The summed E-state index contributed by atoms with van der Waals surface area (Å²) >= 11 is 0. The van der Waals surface area contributed by atoms with Crippen molar-refractivity contribution in [3.8, 4) is 0 Å². The van der Waals surface area contributed by atoms with Crippen LogP contribution >= 0.6 is 0 Å². The predicted molar refractivity (Wildman–Crippen MR) is 86.1 cm³/mol.